The summed E-state index contributed by atoms with van der Waals surface area (Å²) in [6, 6.07) is 8.17. The van der Waals surface area contributed by atoms with Crippen LogP contribution in [-0.4, -0.2) is 25.1 Å². The summed E-state index contributed by atoms with van der Waals surface area (Å²) in [7, 11) is 0. The standard InChI is InChI=1S/C17H19N5O/c1-11-7-9-14(10-8-11)22-12(2)15(19-21-22)16-18-17(23-20-16)13-5-3-4-6-13/h7-10,13H,3-6H2,1-2H3. The van der Waals surface area contributed by atoms with Gasteiger partial charge in [0.1, 0.15) is 0 Å². The molecule has 1 aliphatic carbocycles. The highest BCUT2D eigenvalue weighted by molar-refractivity contribution is 5.53. The molecule has 1 saturated carbocycles. The van der Waals surface area contributed by atoms with Crippen LogP contribution < -0.4 is 0 Å². The summed E-state index contributed by atoms with van der Waals surface area (Å²) >= 11 is 0. The van der Waals surface area contributed by atoms with Crippen molar-refractivity contribution in [1.82, 2.24) is 25.1 Å². The third-order valence-corrected chi connectivity index (χ3v) is 4.53. The largest absolute Gasteiger partial charge is 0.339 e. The fraction of sp³-hybridized carbons (Fsp3) is 0.412. The van der Waals surface area contributed by atoms with Gasteiger partial charge in [-0.2, -0.15) is 4.98 Å². The lowest BCUT2D eigenvalue weighted by molar-refractivity contribution is 0.354. The van der Waals surface area contributed by atoms with Crippen LogP contribution in [0.2, 0.25) is 0 Å². The molecule has 1 fully saturated rings. The van der Waals surface area contributed by atoms with E-state index >= 15 is 0 Å². The van der Waals surface area contributed by atoms with Gasteiger partial charge in [0.25, 0.3) is 0 Å². The summed E-state index contributed by atoms with van der Waals surface area (Å²) in [6.45, 7) is 4.04. The summed E-state index contributed by atoms with van der Waals surface area (Å²) in [5.74, 6) is 1.67. The van der Waals surface area contributed by atoms with E-state index in [0.29, 0.717) is 17.4 Å². The number of rotatable bonds is 3. The smallest absolute Gasteiger partial charge is 0.230 e. The van der Waals surface area contributed by atoms with Gasteiger partial charge in [-0.15, -0.1) is 5.10 Å². The number of aromatic nitrogens is 5. The summed E-state index contributed by atoms with van der Waals surface area (Å²) in [6.07, 6.45) is 4.75. The highest BCUT2D eigenvalue weighted by Crippen LogP contribution is 2.34. The van der Waals surface area contributed by atoms with Crippen LogP contribution >= 0.6 is 0 Å². The lowest BCUT2D eigenvalue weighted by atomic mass is 10.1. The summed E-state index contributed by atoms with van der Waals surface area (Å²) < 4.78 is 7.26. The van der Waals surface area contributed by atoms with Crippen LogP contribution in [0.15, 0.2) is 28.8 Å². The van der Waals surface area contributed by atoms with Gasteiger partial charge >= 0.3 is 0 Å². The number of aryl methyl sites for hydroxylation is 1. The molecule has 1 aromatic carbocycles. The molecule has 6 heteroatoms. The van der Waals surface area contributed by atoms with E-state index in [0.717, 1.165) is 30.1 Å². The maximum atomic E-state index is 5.45. The van der Waals surface area contributed by atoms with Crippen molar-refractivity contribution in [2.75, 3.05) is 0 Å². The molecule has 0 radical (unpaired) electrons. The van der Waals surface area contributed by atoms with Crippen molar-refractivity contribution in [3.05, 3.63) is 41.4 Å². The molecule has 0 bridgehead atoms. The molecule has 0 aliphatic heterocycles. The Bertz CT molecular complexity index is 812. The maximum Gasteiger partial charge on any atom is 0.230 e. The Morgan fingerprint density at radius 2 is 1.83 bits per heavy atom. The second-order valence-corrected chi connectivity index (χ2v) is 6.21. The van der Waals surface area contributed by atoms with Gasteiger partial charge in [-0.25, -0.2) is 4.68 Å². The summed E-state index contributed by atoms with van der Waals surface area (Å²) in [5, 5.41) is 12.6. The lowest BCUT2D eigenvalue weighted by Gasteiger charge is -2.03. The average molecular weight is 309 g/mol. The molecule has 118 valence electrons. The van der Waals surface area contributed by atoms with E-state index in [4.69, 9.17) is 4.52 Å². The van der Waals surface area contributed by atoms with E-state index < -0.39 is 0 Å². The van der Waals surface area contributed by atoms with Crippen LogP contribution in [0.5, 0.6) is 0 Å². The van der Waals surface area contributed by atoms with Crippen molar-refractivity contribution in [1.29, 1.82) is 0 Å². The van der Waals surface area contributed by atoms with Crippen LogP contribution in [0.3, 0.4) is 0 Å². The van der Waals surface area contributed by atoms with Crippen LogP contribution in [0.1, 0.15) is 48.7 Å². The van der Waals surface area contributed by atoms with Gasteiger partial charge in [0, 0.05) is 5.92 Å². The van der Waals surface area contributed by atoms with Crippen LogP contribution in [-0.2, 0) is 0 Å². The first kappa shape index (κ1) is 14.1. The summed E-state index contributed by atoms with van der Waals surface area (Å²) in [4.78, 5) is 4.55. The van der Waals surface area contributed by atoms with E-state index in [1.165, 1.54) is 18.4 Å². The molecule has 0 spiro atoms. The first-order valence-electron chi connectivity index (χ1n) is 8.05. The molecule has 3 aromatic rings. The highest BCUT2D eigenvalue weighted by atomic mass is 16.5. The first-order valence-corrected chi connectivity index (χ1v) is 8.05. The fourth-order valence-corrected chi connectivity index (χ4v) is 3.14. The SMILES string of the molecule is Cc1ccc(-n2nnc(-c3noc(C4CCCC4)n3)c2C)cc1. The monoisotopic (exact) mass is 309 g/mol. The molecule has 0 amide bonds. The molecule has 0 N–H and O–H groups in total. The molecule has 1 aliphatic rings. The lowest BCUT2D eigenvalue weighted by Crippen LogP contribution is -1.99. The average Bonchev–Trinajstić information content (AvgIpc) is 3.27. The van der Waals surface area contributed by atoms with Crippen LogP contribution in [0, 0.1) is 13.8 Å². The molecule has 2 heterocycles. The van der Waals surface area contributed by atoms with Gasteiger partial charge in [0.05, 0.1) is 11.4 Å². The van der Waals surface area contributed by atoms with Crippen molar-refractivity contribution in [3.8, 4) is 17.2 Å². The third kappa shape index (κ3) is 2.54. The highest BCUT2D eigenvalue weighted by Gasteiger charge is 2.25. The van der Waals surface area contributed by atoms with Crippen molar-refractivity contribution in [2.45, 2.75) is 45.4 Å². The van der Waals surface area contributed by atoms with E-state index in [9.17, 15) is 0 Å². The third-order valence-electron chi connectivity index (χ3n) is 4.53. The minimum absolute atomic E-state index is 0.406. The Kier molecular flexibility index (Phi) is 3.44. The first-order chi connectivity index (χ1) is 11.2. The molecule has 4 rings (SSSR count). The van der Waals surface area contributed by atoms with Crippen molar-refractivity contribution >= 4 is 0 Å². The van der Waals surface area contributed by atoms with E-state index in [-0.39, 0.29) is 0 Å². The second-order valence-electron chi connectivity index (χ2n) is 6.21. The van der Waals surface area contributed by atoms with Crippen molar-refractivity contribution in [2.24, 2.45) is 0 Å². The zero-order valence-electron chi connectivity index (χ0n) is 13.4. The van der Waals surface area contributed by atoms with Crippen molar-refractivity contribution < 1.29 is 4.52 Å². The predicted molar refractivity (Wildman–Crippen MR) is 85.3 cm³/mol. The molecule has 0 atom stereocenters. The number of hydrogen-bond donors (Lipinski definition) is 0. The molecule has 0 saturated heterocycles. The predicted octanol–water partition coefficient (Wildman–Crippen LogP) is 3.59. The number of hydrogen-bond acceptors (Lipinski definition) is 5. The van der Waals surface area contributed by atoms with E-state index in [1.807, 2.05) is 19.1 Å². The normalized spacial score (nSPS) is 15.4. The second kappa shape index (κ2) is 5.61. The van der Waals surface area contributed by atoms with Gasteiger partial charge in [-0.05, 0) is 38.8 Å². The quantitative estimate of drug-likeness (QED) is 0.739. The molecular weight excluding hydrogens is 290 g/mol. The van der Waals surface area contributed by atoms with Gasteiger partial charge in [0.2, 0.25) is 11.7 Å². The molecule has 23 heavy (non-hydrogen) atoms. The van der Waals surface area contributed by atoms with E-state index in [1.54, 1.807) is 4.68 Å². The zero-order chi connectivity index (χ0) is 15.8. The van der Waals surface area contributed by atoms with E-state index in [2.05, 4.69) is 39.5 Å². The topological polar surface area (TPSA) is 69.6 Å². The Morgan fingerprint density at radius 1 is 1.09 bits per heavy atom. The van der Waals surface area contributed by atoms with Gasteiger partial charge in [-0.3, -0.25) is 0 Å². The zero-order valence-corrected chi connectivity index (χ0v) is 13.4. The van der Waals surface area contributed by atoms with Gasteiger partial charge in [0.15, 0.2) is 5.69 Å². The maximum absolute atomic E-state index is 5.45. The van der Waals surface area contributed by atoms with Crippen molar-refractivity contribution in [3.63, 3.8) is 0 Å². The minimum Gasteiger partial charge on any atom is -0.339 e. The Morgan fingerprint density at radius 3 is 2.57 bits per heavy atom. The Hall–Kier alpha value is -2.50. The fourth-order valence-electron chi connectivity index (χ4n) is 3.14. The number of benzene rings is 1. The van der Waals surface area contributed by atoms with Gasteiger partial charge < -0.3 is 4.52 Å². The molecule has 0 unspecified atom stereocenters. The Labute approximate surface area is 134 Å². The van der Waals surface area contributed by atoms with Crippen LogP contribution in [0.25, 0.3) is 17.2 Å². The summed E-state index contributed by atoms with van der Waals surface area (Å²) in [5.41, 5.74) is 3.78. The molecular formula is C17H19N5O. The minimum atomic E-state index is 0.406. The number of nitrogens with zero attached hydrogens (tertiary/aromatic N) is 5. The molecule has 6 nitrogen and oxygen atoms in total. The van der Waals surface area contributed by atoms with Crippen LogP contribution in [0.4, 0.5) is 0 Å². The van der Waals surface area contributed by atoms with Gasteiger partial charge in [-0.1, -0.05) is 40.9 Å². The molecule has 2 aromatic heterocycles. The Balaban J connectivity index is 1.66.